The normalized spacial score (nSPS) is 16.6. The molecule has 1 aliphatic heterocycles. The zero-order valence-electron chi connectivity index (χ0n) is 16.9. The van der Waals surface area contributed by atoms with Gasteiger partial charge < -0.3 is 24.3 Å². The second-order valence-electron chi connectivity index (χ2n) is 7.66. The van der Waals surface area contributed by atoms with Crippen molar-refractivity contribution in [1.82, 2.24) is 4.57 Å². The van der Waals surface area contributed by atoms with Crippen LogP contribution in [0.5, 0.6) is 0 Å². The number of aryl methyl sites for hydroxylation is 1. The first-order valence-electron chi connectivity index (χ1n) is 10.1. The van der Waals surface area contributed by atoms with Gasteiger partial charge in [0, 0.05) is 41.9 Å². The minimum atomic E-state index is -0.456. The molecule has 1 aromatic carbocycles. The fourth-order valence-corrected chi connectivity index (χ4v) is 3.86. The topological polar surface area (TPSA) is 72.8 Å². The molecule has 1 saturated carbocycles. The highest BCUT2D eigenvalue weighted by Crippen LogP contribution is 2.38. The van der Waals surface area contributed by atoms with E-state index < -0.39 is 5.97 Å². The number of carbonyl (C=O) groups excluding carboxylic acids is 2. The second-order valence-corrected chi connectivity index (χ2v) is 7.66. The van der Waals surface area contributed by atoms with Crippen molar-refractivity contribution >= 4 is 23.3 Å². The summed E-state index contributed by atoms with van der Waals surface area (Å²) in [6.07, 6.45) is 2.30. The Bertz CT molecular complexity index is 894. The molecule has 1 N–H and O–H groups in total. The number of aromatic nitrogens is 1. The standard InChI is InChI=1S/C22H27N3O4/c1-15-13-20(16(2)25(15)19-7-8-19)22(27)29-14-21(26)23-17-3-5-18(6-4-17)24-9-11-28-12-10-24/h3-6,13,19H,7-12,14H2,1-2H3,(H,23,26). The summed E-state index contributed by atoms with van der Waals surface area (Å²) in [5, 5.41) is 2.77. The van der Waals surface area contributed by atoms with Gasteiger partial charge in [-0.15, -0.1) is 0 Å². The summed E-state index contributed by atoms with van der Waals surface area (Å²) in [7, 11) is 0. The van der Waals surface area contributed by atoms with E-state index in [1.165, 1.54) is 0 Å². The first kappa shape index (κ1) is 19.5. The summed E-state index contributed by atoms with van der Waals surface area (Å²) < 4.78 is 12.8. The van der Waals surface area contributed by atoms with Crippen molar-refractivity contribution in [3.05, 3.63) is 47.3 Å². The Hall–Kier alpha value is -2.80. The highest BCUT2D eigenvalue weighted by molar-refractivity contribution is 5.96. The summed E-state index contributed by atoms with van der Waals surface area (Å²) in [5.41, 5.74) is 4.28. The Balaban J connectivity index is 1.29. The lowest BCUT2D eigenvalue weighted by atomic mass is 10.2. The molecule has 0 radical (unpaired) electrons. The maximum absolute atomic E-state index is 12.4. The van der Waals surface area contributed by atoms with Crippen LogP contribution < -0.4 is 10.2 Å². The van der Waals surface area contributed by atoms with Crippen molar-refractivity contribution in [3.8, 4) is 0 Å². The summed E-state index contributed by atoms with van der Waals surface area (Å²) in [6.45, 7) is 6.80. The van der Waals surface area contributed by atoms with Gasteiger partial charge in [-0.1, -0.05) is 0 Å². The molecule has 1 aliphatic carbocycles. The minimum absolute atomic E-state index is 0.308. The zero-order valence-corrected chi connectivity index (χ0v) is 16.9. The number of amides is 1. The third kappa shape index (κ3) is 4.45. The number of nitrogens with zero attached hydrogens (tertiary/aromatic N) is 2. The number of hydrogen-bond acceptors (Lipinski definition) is 5. The summed E-state index contributed by atoms with van der Waals surface area (Å²) in [4.78, 5) is 26.9. The Morgan fingerprint density at radius 1 is 1.14 bits per heavy atom. The molecule has 154 valence electrons. The molecule has 2 aromatic rings. The number of anilines is 2. The Morgan fingerprint density at radius 3 is 2.48 bits per heavy atom. The van der Waals surface area contributed by atoms with E-state index in [4.69, 9.17) is 9.47 Å². The Morgan fingerprint density at radius 2 is 1.83 bits per heavy atom. The fraction of sp³-hybridized carbons (Fsp3) is 0.455. The highest BCUT2D eigenvalue weighted by atomic mass is 16.5. The quantitative estimate of drug-likeness (QED) is 0.759. The van der Waals surface area contributed by atoms with Crippen LogP contribution in [0.25, 0.3) is 0 Å². The van der Waals surface area contributed by atoms with Crippen molar-refractivity contribution in [2.45, 2.75) is 32.7 Å². The molecule has 0 spiro atoms. The van der Waals surface area contributed by atoms with E-state index in [9.17, 15) is 9.59 Å². The number of esters is 1. The molecule has 2 aliphatic rings. The molecule has 1 amide bonds. The van der Waals surface area contributed by atoms with Gasteiger partial charge in [-0.05, 0) is 57.0 Å². The van der Waals surface area contributed by atoms with E-state index in [-0.39, 0.29) is 12.5 Å². The predicted octanol–water partition coefficient (Wildman–Crippen LogP) is 3.07. The van der Waals surface area contributed by atoms with Crippen LogP contribution in [0.2, 0.25) is 0 Å². The van der Waals surface area contributed by atoms with Crippen LogP contribution in [0.3, 0.4) is 0 Å². The van der Waals surface area contributed by atoms with E-state index in [1.54, 1.807) is 0 Å². The molecule has 0 unspecified atom stereocenters. The minimum Gasteiger partial charge on any atom is -0.452 e. The van der Waals surface area contributed by atoms with Crippen LogP contribution in [0.15, 0.2) is 30.3 Å². The fourth-order valence-electron chi connectivity index (χ4n) is 3.86. The molecule has 7 heteroatoms. The maximum atomic E-state index is 12.4. The number of morpholine rings is 1. The molecule has 2 fully saturated rings. The predicted molar refractivity (Wildman–Crippen MR) is 111 cm³/mol. The number of rotatable bonds is 6. The maximum Gasteiger partial charge on any atom is 0.340 e. The van der Waals surface area contributed by atoms with Crippen molar-refractivity contribution in [2.75, 3.05) is 43.1 Å². The monoisotopic (exact) mass is 397 g/mol. The zero-order chi connectivity index (χ0) is 20.4. The van der Waals surface area contributed by atoms with Crippen LogP contribution in [-0.4, -0.2) is 49.4 Å². The van der Waals surface area contributed by atoms with Crippen molar-refractivity contribution < 1.29 is 19.1 Å². The number of hydrogen-bond donors (Lipinski definition) is 1. The number of carbonyl (C=O) groups is 2. The largest absolute Gasteiger partial charge is 0.452 e. The van der Waals surface area contributed by atoms with Crippen LogP contribution in [-0.2, 0) is 14.3 Å². The van der Waals surface area contributed by atoms with E-state index in [2.05, 4.69) is 14.8 Å². The molecule has 7 nitrogen and oxygen atoms in total. The van der Waals surface area contributed by atoms with Gasteiger partial charge in [0.15, 0.2) is 6.61 Å². The van der Waals surface area contributed by atoms with Gasteiger partial charge >= 0.3 is 5.97 Å². The second kappa shape index (κ2) is 8.29. The first-order chi connectivity index (χ1) is 14.0. The SMILES string of the molecule is Cc1cc(C(=O)OCC(=O)Nc2ccc(N3CCOCC3)cc2)c(C)n1C1CC1. The smallest absolute Gasteiger partial charge is 0.340 e. The molecule has 0 bridgehead atoms. The van der Waals surface area contributed by atoms with Crippen LogP contribution in [0.4, 0.5) is 11.4 Å². The number of ether oxygens (including phenoxy) is 2. The van der Waals surface area contributed by atoms with Crippen LogP contribution in [0, 0.1) is 13.8 Å². The van der Waals surface area contributed by atoms with Gasteiger partial charge in [0.1, 0.15) is 0 Å². The van der Waals surface area contributed by atoms with Gasteiger partial charge in [0.25, 0.3) is 5.91 Å². The third-order valence-electron chi connectivity index (χ3n) is 5.48. The summed E-state index contributed by atoms with van der Waals surface area (Å²) in [5.74, 6) is -0.809. The van der Waals surface area contributed by atoms with Crippen LogP contribution in [0.1, 0.15) is 40.6 Å². The highest BCUT2D eigenvalue weighted by Gasteiger charge is 2.28. The molecular formula is C22H27N3O4. The Labute approximate surface area is 170 Å². The van der Waals surface area contributed by atoms with Crippen LogP contribution >= 0.6 is 0 Å². The molecule has 29 heavy (non-hydrogen) atoms. The molecule has 2 heterocycles. The lowest BCUT2D eigenvalue weighted by Gasteiger charge is -2.28. The van der Waals surface area contributed by atoms with Gasteiger partial charge in [0.2, 0.25) is 0 Å². The van der Waals surface area contributed by atoms with Gasteiger partial charge in [-0.25, -0.2) is 4.79 Å². The first-order valence-corrected chi connectivity index (χ1v) is 10.1. The van der Waals surface area contributed by atoms with E-state index >= 15 is 0 Å². The third-order valence-corrected chi connectivity index (χ3v) is 5.48. The summed E-state index contributed by atoms with van der Waals surface area (Å²) in [6, 6.07) is 10.00. The van der Waals surface area contributed by atoms with E-state index in [1.807, 2.05) is 44.2 Å². The molecule has 0 atom stereocenters. The average molecular weight is 397 g/mol. The molecule has 1 aromatic heterocycles. The summed E-state index contributed by atoms with van der Waals surface area (Å²) >= 11 is 0. The molecular weight excluding hydrogens is 370 g/mol. The van der Waals surface area contributed by atoms with Crippen molar-refractivity contribution in [1.29, 1.82) is 0 Å². The van der Waals surface area contributed by atoms with Crippen molar-refractivity contribution in [2.24, 2.45) is 0 Å². The number of nitrogens with one attached hydrogen (secondary N) is 1. The lowest BCUT2D eigenvalue weighted by Crippen LogP contribution is -2.36. The molecule has 1 saturated heterocycles. The lowest BCUT2D eigenvalue weighted by molar-refractivity contribution is -0.119. The number of benzene rings is 1. The van der Waals surface area contributed by atoms with Gasteiger partial charge in [-0.2, -0.15) is 0 Å². The Kier molecular flexibility index (Phi) is 5.58. The van der Waals surface area contributed by atoms with Gasteiger partial charge in [0.05, 0.1) is 18.8 Å². The van der Waals surface area contributed by atoms with Gasteiger partial charge in [-0.3, -0.25) is 4.79 Å². The molecule has 4 rings (SSSR count). The van der Waals surface area contributed by atoms with Crippen molar-refractivity contribution in [3.63, 3.8) is 0 Å². The van der Waals surface area contributed by atoms with E-state index in [0.717, 1.165) is 56.2 Å². The van der Waals surface area contributed by atoms with E-state index in [0.29, 0.717) is 17.3 Å². The average Bonchev–Trinajstić information content (AvgIpc) is 3.52.